The molecule has 0 atom stereocenters. The molecule has 1 fully saturated rings. The van der Waals surface area contributed by atoms with Crippen LogP contribution in [0, 0.1) is 0 Å². The highest BCUT2D eigenvalue weighted by atomic mass is 16.3. The maximum absolute atomic E-state index is 12.3. The molecular formula is C15H17N3O2. The minimum absolute atomic E-state index is 0.107. The number of hydrogen-bond donors (Lipinski definition) is 2. The quantitative estimate of drug-likeness (QED) is 0.899. The predicted molar refractivity (Wildman–Crippen MR) is 76.0 cm³/mol. The lowest BCUT2D eigenvalue weighted by Gasteiger charge is -2.22. The Balaban J connectivity index is 1.78. The Morgan fingerprint density at radius 2 is 2.15 bits per heavy atom. The maximum atomic E-state index is 12.3. The van der Waals surface area contributed by atoms with Gasteiger partial charge in [-0.05, 0) is 25.0 Å². The lowest BCUT2D eigenvalue weighted by Crippen LogP contribution is -2.48. The molecule has 1 aliphatic carbocycles. The average molecular weight is 271 g/mol. The molecule has 0 aliphatic heterocycles. The molecule has 1 saturated carbocycles. The highest BCUT2D eigenvalue weighted by Crippen LogP contribution is 2.29. The zero-order valence-electron chi connectivity index (χ0n) is 11.1. The summed E-state index contributed by atoms with van der Waals surface area (Å²) in [6, 6.07) is 7.47. The first-order valence-corrected chi connectivity index (χ1v) is 6.77. The Kier molecular flexibility index (Phi) is 3.28. The van der Waals surface area contributed by atoms with E-state index in [9.17, 15) is 4.79 Å². The van der Waals surface area contributed by atoms with Gasteiger partial charge in [-0.2, -0.15) is 0 Å². The number of hydrogen-bond acceptors (Lipinski definition) is 4. The van der Waals surface area contributed by atoms with Crippen LogP contribution in [0.1, 0.15) is 25.7 Å². The number of anilines is 1. The Hall–Kier alpha value is -2.14. The third kappa shape index (κ3) is 2.44. The lowest BCUT2D eigenvalue weighted by molar-refractivity contribution is -0.121. The summed E-state index contributed by atoms with van der Waals surface area (Å²) in [7, 11) is 0. The normalized spacial score (nSPS) is 17.1. The van der Waals surface area contributed by atoms with Gasteiger partial charge in [-0.1, -0.05) is 25.0 Å². The molecule has 1 heterocycles. The molecule has 3 N–H and O–H groups in total. The number of nitrogens with two attached hydrogens (primary N) is 1. The van der Waals surface area contributed by atoms with Gasteiger partial charge in [-0.15, -0.1) is 0 Å². The fraction of sp³-hybridized carbons (Fsp3) is 0.333. The molecule has 1 aliphatic rings. The Labute approximate surface area is 117 Å². The molecule has 1 aromatic carbocycles. The van der Waals surface area contributed by atoms with Crippen LogP contribution in [0.5, 0.6) is 0 Å². The highest BCUT2D eigenvalue weighted by Gasteiger charge is 2.36. The van der Waals surface area contributed by atoms with Crippen LogP contribution in [0.2, 0.25) is 0 Å². The van der Waals surface area contributed by atoms with Crippen molar-refractivity contribution in [1.29, 1.82) is 0 Å². The minimum Gasteiger partial charge on any atom is -0.444 e. The van der Waals surface area contributed by atoms with Crippen molar-refractivity contribution < 1.29 is 9.21 Å². The molecule has 0 bridgehead atoms. The van der Waals surface area contributed by atoms with E-state index in [0.717, 1.165) is 36.9 Å². The number of carbonyl (C=O) groups excluding carboxylic acids is 1. The summed E-state index contributed by atoms with van der Waals surface area (Å²) in [5, 5.41) is 2.90. The Morgan fingerprint density at radius 3 is 2.85 bits per heavy atom. The van der Waals surface area contributed by atoms with Crippen LogP contribution in [-0.2, 0) is 4.79 Å². The number of amides is 1. The minimum atomic E-state index is -0.720. The average Bonchev–Trinajstić information content (AvgIpc) is 3.11. The van der Waals surface area contributed by atoms with Gasteiger partial charge in [-0.3, -0.25) is 4.79 Å². The van der Waals surface area contributed by atoms with Gasteiger partial charge in [0.2, 0.25) is 5.91 Å². The molecule has 2 aromatic rings. The van der Waals surface area contributed by atoms with E-state index in [1.54, 1.807) is 6.20 Å². The molecule has 5 heteroatoms. The number of oxazole rings is 1. The first kappa shape index (κ1) is 12.9. The summed E-state index contributed by atoms with van der Waals surface area (Å²) < 4.78 is 5.25. The van der Waals surface area contributed by atoms with Gasteiger partial charge in [0.15, 0.2) is 12.2 Å². The number of rotatable bonds is 3. The molecule has 0 radical (unpaired) electrons. The van der Waals surface area contributed by atoms with Crippen molar-refractivity contribution in [1.82, 2.24) is 4.98 Å². The molecule has 1 aromatic heterocycles. The standard InChI is InChI=1S/C15H17N3O2/c16-15(6-1-2-7-15)14(19)18-12-5-3-4-11(8-12)13-9-17-10-20-13/h3-5,8-10H,1-2,6-7,16H2,(H,18,19). The number of nitrogens with one attached hydrogen (secondary N) is 1. The summed E-state index contributed by atoms with van der Waals surface area (Å²) in [6.45, 7) is 0. The van der Waals surface area contributed by atoms with E-state index in [-0.39, 0.29) is 5.91 Å². The van der Waals surface area contributed by atoms with Gasteiger partial charge in [0.25, 0.3) is 0 Å². The molecule has 0 saturated heterocycles. The molecule has 20 heavy (non-hydrogen) atoms. The zero-order chi connectivity index (χ0) is 14.0. The number of benzene rings is 1. The Bertz CT molecular complexity index is 601. The summed E-state index contributed by atoms with van der Waals surface area (Å²) in [4.78, 5) is 16.2. The van der Waals surface area contributed by atoms with E-state index in [1.807, 2.05) is 24.3 Å². The first-order valence-electron chi connectivity index (χ1n) is 6.77. The SMILES string of the molecule is NC1(C(=O)Nc2cccc(-c3cnco3)c2)CCCC1. The van der Waals surface area contributed by atoms with Crippen LogP contribution in [0.25, 0.3) is 11.3 Å². The second-order valence-corrected chi connectivity index (χ2v) is 5.26. The molecule has 104 valence electrons. The van der Waals surface area contributed by atoms with Crippen LogP contribution in [-0.4, -0.2) is 16.4 Å². The monoisotopic (exact) mass is 271 g/mol. The van der Waals surface area contributed by atoms with Crippen molar-refractivity contribution in [2.45, 2.75) is 31.2 Å². The van der Waals surface area contributed by atoms with E-state index in [2.05, 4.69) is 10.3 Å². The van der Waals surface area contributed by atoms with Crippen molar-refractivity contribution in [2.75, 3.05) is 5.32 Å². The highest BCUT2D eigenvalue weighted by molar-refractivity contribution is 5.98. The summed E-state index contributed by atoms with van der Waals surface area (Å²) >= 11 is 0. The van der Waals surface area contributed by atoms with Crippen molar-refractivity contribution in [2.24, 2.45) is 5.73 Å². The van der Waals surface area contributed by atoms with Crippen LogP contribution >= 0.6 is 0 Å². The molecular weight excluding hydrogens is 254 g/mol. The fourth-order valence-corrected chi connectivity index (χ4v) is 2.60. The lowest BCUT2D eigenvalue weighted by atomic mass is 9.98. The van der Waals surface area contributed by atoms with E-state index < -0.39 is 5.54 Å². The molecule has 0 spiro atoms. The first-order chi connectivity index (χ1) is 9.67. The van der Waals surface area contributed by atoms with Gasteiger partial charge < -0.3 is 15.5 Å². The largest absolute Gasteiger partial charge is 0.444 e. The summed E-state index contributed by atoms with van der Waals surface area (Å²) in [5.74, 6) is 0.564. The smallest absolute Gasteiger partial charge is 0.244 e. The van der Waals surface area contributed by atoms with Gasteiger partial charge >= 0.3 is 0 Å². The predicted octanol–water partition coefficient (Wildman–Crippen LogP) is 2.55. The Morgan fingerprint density at radius 1 is 1.35 bits per heavy atom. The fourth-order valence-electron chi connectivity index (χ4n) is 2.60. The van der Waals surface area contributed by atoms with Gasteiger partial charge in [-0.25, -0.2) is 4.98 Å². The van der Waals surface area contributed by atoms with Crippen LogP contribution < -0.4 is 11.1 Å². The van der Waals surface area contributed by atoms with Crippen molar-refractivity contribution in [3.05, 3.63) is 36.9 Å². The van der Waals surface area contributed by atoms with Gasteiger partial charge in [0.1, 0.15) is 0 Å². The van der Waals surface area contributed by atoms with Crippen molar-refractivity contribution in [3.63, 3.8) is 0 Å². The van der Waals surface area contributed by atoms with E-state index in [0.29, 0.717) is 5.76 Å². The van der Waals surface area contributed by atoms with E-state index in [1.165, 1.54) is 6.39 Å². The number of carbonyl (C=O) groups is 1. The molecule has 5 nitrogen and oxygen atoms in total. The third-order valence-electron chi connectivity index (χ3n) is 3.79. The maximum Gasteiger partial charge on any atom is 0.244 e. The van der Waals surface area contributed by atoms with Gasteiger partial charge in [0.05, 0.1) is 11.7 Å². The topological polar surface area (TPSA) is 81.2 Å². The summed E-state index contributed by atoms with van der Waals surface area (Å²) in [5.41, 5.74) is 7.02. The number of aromatic nitrogens is 1. The third-order valence-corrected chi connectivity index (χ3v) is 3.79. The molecule has 1 amide bonds. The van der Waals surface area contributed by atoms with E-state index in [4.69, 9.17) is 10.2 Å². The van der Waals surface area contributed by atoms with Crippen LogP contribution in [0.4, 0.5) is 5.69 Å². The van der Waals surface area contributed by atoms with Gasteiger partial charge in [0, 0.05) is 11.3 Å². The second-order valence-electron chi connectivity index (χ2n) is 5.26. The van der Waals surface area contributed by atoms with E-state index >= 15 is 0 Å². The molecule has 3 rings (SSSR count). The van der Waals surface area contributed by atoms with Crippen molar-refractivity contribution >= 4 is 11.6 Å². The van der Waals surface area contributed by atoms with Crippen molar-refractivity contribution in [3.8, 4) is 11.3 Å². The van der Waals surface area contributed by atoms with Crippen LogP contribution in [0.3, 0.4) is 0 Å². The second kappa shape index (κ2) is 5.09. The molecule has 0 unspecified atom stereocenters. The van der Waals surface area contributed by atoms with Crippen LogP contribution in [0.15, 0.2) is 41.3 Å². The number of nitrogens with zero attached hydrogens (tertiary/aromatic N) is 1. The summed E-state index contributed by atoms with van der Waals surface area (Å²) in [6.07, 6.45) is 6.56. The zero-order valence-corrected chi connectivity index (χ0v) is 11.1.